The minimum Gasteiger partial charge on any atom is -0.310 e. The lowest BCUT2D eigenvalue weighted by Gasteiger charge is -2.27. The number of anilines is 6. The summed E-state index contributed by atoms with van der Waals surface area (Å²) < 4.78 is 7.80. The van der Waals surface area contributed by atoms with Gasteiger partial charge in [-0.15, -0.1) is 34.0 Å². The van der Waals surface area contributed by atoms with Gasteiger partial charge in [-0.25, -0.2) is 0 Å². The number of thiophene rings is 3. The third kappa shape index (κ3) is 5.04. The van der Waals surface area contributed by atoms with Crippen molar-refractivity contribution >= 4 is 129 Å². The van der Waals surface area contributed by atoms with Crippen molar-refractivity contribution in [2.24, 2.45) is 0 Å². The Balaban J connectivity index is 1.13. The number of fused-ring (bicyclic) bond motifs is 9. The molecule has 0 unspecified atom stereocenters. The summed E-state index contributed by atoms with van der Waals surface area (Å²) in [6.07, 6.45) is 0. The van der Waals surface area contributed by atoms with E-state index in [1.807, 2.05) is 34.0 Å². The Morgan fingerprint density at radius 3 is 1.26 bits per heavy atom. The Morgan fingerprint density at radius 1 is 0.264 bits per heavy atom. The fraction of sp³-hybridized carbons (Fsp3) is 0. The molecule has 3 aromatic heterocycles. The average Bonchev–Trinajstić information content (AvgIpc) is 3.90. The highest BCUT2D eigenvalue weighted by Crippen LogP contribution is 2.48. The first kappa shape index (κ1) is 30.6. The van der Waals surface area contributed by atoms with E-state index < -0.39 is 0 Å². The Labute approximate surface area is 318 Å². The molecule has 0 aliphatic heterocycles. The third-order valence-corrected chi connectivity index (χ3v) is 13.7. The van der Waals surface area contributed by atoms with Gasteiger partial charge in [-0.2, -0.15) is 0 Å². The largest absolute Gasteiger partial charge is 0.310 e. The van der Waals surface area contributed by atoms with E-state index in [0.29, 0.717) is 0 Å². The van der Waals surface area contributed by atoms with Crippen LogP contribution in [0.2, 0.25) is 0 Å². The van der Waals surface area contributed by atoms with Gasteiger partial charge in [0.05, 0.1) is 5.69 Å². The van der Waals surface area contributed by atoms with Crippen LogP contribution in [-0.4, -0.2) is 0 Å². The van der Waals surface area contributed by atoms with Gasteiger partial charge >= 0.3 is 0 Å². The van der Waals surface area contributed by atoms with Crippen LogP contribution in [0.15, 0.2) is 182 Å². The van der Waals surface area contributed by atoms with Crippen molar-refractivity contribution in [2.75, 3.05) is 9.80 Å². The summed E-state index contributed by atoms with van der Waals surface area (Å²) >= 11 is 5.58. The predicted molar refractivity (Wildman–Crippen MR) is 234 cm³/mol. The normalized spacial score (nSPS) is 11.8. The molecule has 0 atom stereocenters. The second kappa shape index (κ2) is 12.3. The fourth-order valence-corrected chi connectivity index (χ4v) is 11.1. The van der Waals surface area contributed by atoms with Crippen molar-refractivity contribution in [1.29, 1.82) is 0 Å². The first-order chi connectivity index (χ1) is 26.3. The maximum absolute atomic E-state index is 2.44. The topological polar surface area (TPSA) is 6.48 Å². The molecular formula is C48H30N2S3. The van der Waals surface area contributed by atoms with Crippen LogP contribution in [0.25, 0.3) is 60.5 Å². The zero-order valence-corrected chi connectivity index (χ0v) is 30.9. The van der Waals surface area contributed by atoms with Gasteiger partial charge in [0.25, 0.3) is 0 Å². The summed E-state index contributed by atoms with van der Waals surface area (Å²) in [6, 6.07) is 66.7. The Morgan fingerprint density at radius 2 is 0.679 bits per heavy atom. The maximum atomic E-state index is 2.44. The van der Waals surface area contributed by atoms with Crippen LogP contribution in [0.5, 0.6) is 0 Å². The molecule has 0 saturated carbocycles. The van der Waals surface area contributed by atoms with Gasteiger partial charge in [0.1, 0.15) is 0 Å². The molecule has 53 heavy (non-hydrogen) atoms. The summed E-state index contributed by atoms with van der Waals surface area (Å²) in [7, 11) is 0. The van der Waals surface area contributed by atoms with Crippen molar-refractivity contribution in [3.63, 3.8) is 0 Å². The average molecular weight is 731 g/mol. The summed E-state index contributed by atoms with van der Waals surface area (Å²) in [4.78, 5) is 4.85. The minimum atomic E-state index is 1.13. The Kier molecular flexibility index (Phi) is 7.12. The van der Waals surface area contributed by atoms with Crippen LogP contribution < -0.4 is 9.80 Å². The van der Waals surface area contributed by atoms with Gasteiger partial charge in [-0.3, -0.25) is 0 Å². The first-order valence-electron chi connectivity index (χ1n) is 17.8. The monoisotopic (exact) mass is 730 g/mol. The molecule has 8 aromatic carbocycles. The van der Waals surface area contributed by atoms with Crippen LogP contribution in [-0.2, 0) is 0 Å². The summed E-state index contributed by atoms with van der Waals surface area (Å²) in [5.41, 5.74) is 6.87. The quantitative estimate of drug-likeness (QED) is 0.168. The maximum Gasteiger partial charge on any atom is 0.0554 e. The van der Waals surface area contributed by atoms with E-state index in [1.54, 1.807) is 0 Å². The van der Waals surface area contributed by atoms with Crippen LogP contribution in [0, 0.1) is 0 Å². The fourth-order valence-electron chi connectivity index (χ4n) is 7.86. The number of para-hydroxylation sites is 2. The van der Waals surface area contributed by atoms with Gasteiger partial charge in [0, 0.05) is 89.0 Å². The zero-order valence-electron chi connectivity index (χ0n) is 28.4. The van der Waals surface area contributed by atoms with Gasteiger partial charge in [-0.05, 0) is 103 Å². The standard InChI is InChI=1S/C48H30N2S3/c1-3-12-31(13-4-1)49(33-22-25-44-38(28-33)36-16-7-9-19-42(36)51-44)34-23-27-46-40(30-34)48-41(18-11-21-47(48)53-46)50(32-14-5-2-6-15-32)35-24-26-45-39(29-35)37-17-8-10-20-43(37)52-45/h1-30H. The Hall–Kier alpha value is -5.98. The number of rotatable bonds is 6. The van der Waals surface area contributed by atoms with Crippen LogP contribution in [0.4, 0.5) is 34.1 Å². The molecule has 0 amide bonds. The number of nitrogens with zero attached hydrogens (tertiary/aromatic N) is 2. The van der Waals surface area contributed by atoms with Crippen molar-refractivity contribution in [2.45, 2.75) is 0 Å². The molecule has 5 heteroatoms. The molecule has 250 valence electrons. The molecule has 0 spiro atoms. The smallest absolute Gasteiger partial charge is 0.0554 e. The highest BCUT2D eigenvalue weighted by molar-refractivity contribution is 7.26. The van der Waals surface area contributed by atoms with Crippen molar-refractivity contribution in [1.82, 2.24) is 0 Å². The molecule has 11 rings (SSSR count). The second-order valence-corrected chi connectivity index (χ2v) is 16.6. The highest BCUT2D eigenvalue weighted by atomic mass is 32.1. The van der Waals surface area contributed by atoms with E-state index in [2.05, 4.69) is 192 Å². The van der Waals surface area contributed by atoms with E-state index in [0.717, 1.165) is 28.4 Å². The molecule has 0 bridgehead atoms. The molecule has 0 aliphatic carbocycles. The molecule has 0 aliphatic rings. The molecule has 0 fully saturated rings. The third-order valence-electron chi connectivity index (χ3n) is 10.2. The van der Waals surface area contributed by atoms with Crippen LogP contribution >= 0.6 is 34.0 Å². The number of hydrogen-bond acceptors (Lipinski definition) is 5. The molecule has 0 radical (unpaired) electrons. The van der Waals surface area contributed by atoms with Crippen molar-refractivity contribution in [3.05, 3.63) is 182 Å². The molecule has 0 saturated heterocycles. The van der Waals surface area contributed by atoms with E-state index in [-0.39, 0.29) is 0 Å². The molecule has 11 aromatic rings. The lowest BCUT2D eigenvalue weighted by Crippen LogP contribution is -2.10. The molecule has 2 nitrogen and oxygen atoms in total. The summed E-state index contributed by atoms with van der Waals surface area (Å²) in [5, 5.41) is 7.72. The highest BCUT2D eigenvalue weighted by Gasteiger charge is 2.21. The lowest BCUT2D eigenvalue weighted by atomic mass is 10.1. The van der Waals surface area contributed by atoms with Gasteiger partial charge in [0.2, 0.25) is 0 Å². The SMILES string of the molecule is c1ccc(N(c2ccc3sc4ccccc4c3c2)c2ccc3sc4cccc(N(c5ccccc5)c5ccc6sc7ccccc7c6c5)c4c3c2)cc1. The van der Waals surface area contributed by atoms with E-state index in [9.17, 15) is 0 Å². The van der Waals surface area contributed by atoms with E-state index in [4.69, 9.17) is 0 Å². The Bertz CT molecular complexity index is 3140. The van der Waals surface area contributed by atoms with Crippen molar-refractivity contribution in [3.8, 4) is 0 Å². The van der Waals surface area contributed by atoms with E-state index >= 15 is 0 Å². The first-order valence-corrected chi connectivity index (χ1v) is 20.2. The molecule has 3 heterocycles. The lowest BCUT2D eigenvalue weighted by molar-refractivity contribution is 1.30. The summed E-state index contributed by atoms with van der Waals surface area (Å²) in [5.74, 6) is 0. The van der Waals surface area contributed by atoms with Crippen LogP contribution in [0.1, 0.15) is 0 Å². The summed E-state index contributed by atoms with van der Waals surface area (Å²) in [6.45, 7) is 0. The predicted octanol–water partition coefficient (Wildman–Crippen LogP) is 15.7. The van der Waals surface area contributed by atoms with Gasteiger partial charge < -0.3 is 9.80 Å². The number of benzene rings is 8. The number of hydrogen-bond donors (Lipinski definition) is 0. The van der Waals surface area contributed by atoms with Gasteiger partial charge in [-0.1, -0.05) is 78.9 Å². The minimum absolute atomic E-state index is 1.13. The molecular weight excluding hydrogens is 701 g/mol. The molecule has 0 N–H and O–H groups in total. The second-order valence-electron chi connectivity index (χ2n) is 13.3. The van der Waals surface area contributed by atoms with E-state index in [1.165, 1.54) is 66.2 Å². The zero-order chi connectivity index (χ0) is 34.9. The van der Waals surface area contributed by atoms with Crippen molar-refractivity contribution < 1.29 is 0 Å². The van der Waals surface area contributed by atoms with Gasteiger partial charge in [0.15, 0.2) is 0 Å². The van der Waals surface area contributed by atoms with Crippen LogP contribution in [0.3, 0.4) is 0 Å².